The Balaban J connectivity index is 1.30. The Bertz CT molecular complexity index is 1530. The number of amides is 1. The van der Waals surface area contributed by atoms with Crippen molar-refractivity contribution in [2.75, 3.05) is 11.5 Å². The molecule has 0 bridgehead atoms. The van der Waals surface area contributed by atoms with E-state index < -0.39 is 21.8 Å². The van der Waals surface area contributed by atoms with E-state index in [0.29, 0.717) is 37.4 Å². The lowest BCUT2D eigenvalue weighted by molar-refractivity contribution is -0.123. The molecule has 0 saturated carbocycles. The number of fused-ring (bicyclic) bond motifs is 1. The molecule has 2 aliphatic rings. The molecule has 0 aliphatic carbocycles. The van der Waals surface area contributed by atoms with Crippen LogP contribution in [0.15, 0.2) is 47.4 Å². The van der Waals surface area contributed by atoms with Crippen molar-refractivity contribution in [2.45, 2.75) is 12.5 Å². The van der Waals surface area contributed by atoms with Crippen LogP contribution in [0, 0.1) is 0 Å². The van der Waals surface area contributed by atoms with E-state index in [1.54, 1.807) is 42.5 Å². The molecule has 2 saturated heterocycles. The number of rotatable bonds is 4. The summed E-state index contributed by atoms with van der Waals surface area (Å²) < 4.78 is 30.2. The van der Waals surface area contributed by atoms with Crippen molar-refractivity contribution in [1.29, 1.82) is 0 Å². The van der Waals surface area contributed by atoms with E-state index in [1.807, 2.05) is 6.07 Å². The Morgan fingerprint density at radius 3 is 2.57 bits per heavy atom. The van der Waals surface area contributed by atoms with Crippen molar-refractivity contribution in [1.82, 2.24) is 4.90 Å². The molecule has 0 spiro atoms. The first-order chi connectivity index (χ1) is 16.6. The van der Waals surface area contributed by atoms with Crippen LogP contribution in [0.25, 0.3) is 16.2 Å². The average Bonchev–Trinajstić information content (AvgIpc) is 3.42. The molecule has 5 rings (SSSR count). The number of thiophene rings is 1. The standard InChI is InChI=1S/C23H15Cl2NO5S4/c24-15-2-1-3-16-18(15)19(25)20(33-16)22(28)31-14-6-4-12(5-7-14)10-17-21(27)26(23(32)34-17)13-8-9-35(29,30)11-13/h1-7,10,13H,8-9,11H2/b17-10+. The summed E-state index contributed by atoms with van der Waals surface area (Å²) in [7, 11) is -3.14. The highest BCUT2D eigenvalue weighted by Gasteiger charge is 2.42. The van der Waals surface area contributed by atoms with Crippen molar-refractivity contribution >= 4 is 101 Å². The summed E-state index contributed by atoms with van der Waals surface area (Å²) in [5.41, 5.74) is 0.705. The normalized spacial score (nSPS) is 20.8. The number of sulfone groups is 1. The second-order valence-electron chi connectivity index (χ2n) is 7.93. The molecule has 3 aromatic rings. The number of thiocarbonyl (C=S) groups is 1. The summed E-state index contributed by atoms with van der Waals surface area (Å²) in [4.78, 5) is 27.7. The fourth-order valence-corrected chi connectivity index (χ4v) is 8.84. The van der Waals surface area contributed by atoms with E-state index >= 15 is 0 Å². The quantitative estimate of drug-likeness (QED) is 0.166. The van der Waals surface area contributed by atoms with Crippen molar-refractivity contribution in [3.05, 3.63) is 67.9 Å². The second kappa shape index (κ2) is 9.49. The molecule has 3 heterocycles. The van der Waals surface area contributed by atoms with Gasteiger partial charge in [-0.1, -0.05) is 65.4 Å². The highest BCUT2D eigenvalue weighted by atomic mass is 35.5. The van der Waals surface area contributed by atoms with Crippen LogP contribution in [0.4, 0.5) is 0 Å². The molecule has 0 radical (unpaired) electrons. The topological polar surface area (TPSA) is 80.8 Å². The van der Waals surface area contributed by atoms with Gasteiger partial charge in [0.15, 0.2) is 9.84 Å². The summed E-state index contributed by atoms with van der Waals surface area (Å²) in [6, 6.07) is 11.5. The van der Waals surface area contributed by atoms with Gasteiger partial charge < -0.3 is 4.74 Å². The largest absolute Gasteiger partial charge is 0.422 e. The van der Waals surface area contributed by atoms with Gasteiger partial charge in [0.2, 0.25) is 0 Å². The number of benzene rings is 2. The molecule has 1 amide bonds. The van der Waals surface area contributed by atoms with E-state index in [2.05, 4.69) is 0 Å². The van der Waals surface area contributed by atoms with Gasteiger partial charge in [0, 0.05) is 10.1 Å². The van der Waals surface area contributed by atoms with Crippen LogP contribution in [-0.4, -0.2) is 47.1 Å². The smallest absolute Gasteiger partial charge is 0.355 e. The summed E-state index contributed by atoms with van der Waals surface area (Å²) in [6.07, 6.45) is 2.07. The van der Waals surface area contributed by atoms with Gasteiger partial charge in [0.25, 0.3) is 5.91 Å². The number of hydrogen-bond acceptors (Lipinski definition) is 8. The minimum atomic E-state index is -3.14. The van der Waals surface area contributed by atoms with Crippen LogP contribution in [0.2, 0.25) is 10.0 Å². The summed E-state index contributed by atoms with van der Waals surface area (Å²) in [6.45, 7) is 0. The number of carbonyl (C=O) groups is 2. The van der Waals surface area contributed by atoms with Crippen molar-refractivity contribution in [3.8, 4) is 5.75 Å². The van der Waals surface area contributed by atoms with Crippen LogP contribution < -0.4 is 4.74 Å². The first-order valence-electron chi connectivity index (χ1n) is 10.3. The summed E-state index contributed by atoms with van der Waals surface area (Å²) in [5, 5.41) is 1.34. The first kappa shape index (κ1) is 24.7. The van der Waals surface area contributed by atoms with Gasteiger partial charge >= 0.3 is 5.97 Å². The predicted molar refractivity (Wildman–Crippen MR) is 145 cm³/mol. The number of halogens is 2. The molecule has 12 heteroatoms. The van der Waals surface area contributed by atoms with Gasteiger partial charge in [-0.05, 0) is 42.3 Å². The lowest BCUT2D eigenvalue weighted by Gasteiger charge is -2.20. The van der Waals surface area contributed by atoms with Crippen LogP contribution in [0.3, 0.4) is 0 Å². The van der Waals surface area contributed by atoms with Crippen LogP contribution in [0.5, 0.6) is 5.75 Å². The zero-order valence-corrected chi connectivity index (χ0v) is 22.5. The number of nitrogens with zero attached hydrogens (tertiary/aromatic N) is 1. The second-order valence-corrected chi connectivity index (χ2v) is 13.7. The molecule has 1 unspecified atom stereocenters. The molecule has 2 aliphatic heterocycles. The molecule has 2 fully saturated rings. The van der Waals surface area contributed by atoms with E-state index in [1.165, 1.54) is 16.2 Å². The van der Waals surface area contributed by atoms with Gasteiger partial charge in [0.1, 0.15) is 14.9 Å². The van der Waals surface area contributed by atoms with Crippen LogP contribution in [0.1, 0.15) is 21.7 Å². The number of hydrogen-bond donors (Lipinski definition) is 0. The monoisotopic (exact) mass is 583 g/mol. The minimum Gasteiger partial charge on any atom is -0.422 e. The fourth-order valence-electron chi connectivity index (χ4n) is 3.91. The lowest BCUT2D eigenvalue weighted by Crippen LogP contribution is -2.39. The molecule has 180 valence electrons. The summed E-state index contributed by atoms with van der Waals surface area (Å²) >= 11 is 20.3. The third-order valence-electron chi connectivity index (χ3n) is 5.58. The number of thioether (sulfide) groups is 1. The van der Waals surface area contributed by atoms with Gasteiger partial charge in [-0.15, -0.1) is 11.3 Å². The van der Waals surface area contributed by atoms with Gasteiger partial charge in [-0.2, -0.15) is 0 Å². The van der Waals surface area contributed by atoms with Crippen molar-refractivity contribution in [2.24, 2.45) is 0 Å². The van der Waals surface area contributed by atoms with Crippen molar-refractivity contribution < 1.29 is 22.7 Å². The Labute approximate surface area is 224 Å². The molecular formula is C23H15Cl2NO5S4. The van der Waals surface area contributed by atoms with Gasteiger partial charge in [-0.3, -0.25) is 9.69 Å². The lowest BCUT2D eigenvalue weighted by atomic mass is 10.2. The maximum Gasteiger partial charge on any atom is 0.355 e. The van der Waals surface area contributed by atoms with E-state index in [-0.39, 0.29) is 27.3 Å². The average molecular weight is 585 g/mol. The Morgan fingerprint density at radius 1 is 1.17 bits per heavy atom. The summed E-state index contributed by atoms with van der Waals surface area (Å²) in [5.74, 6) is -0.574. The fraction of sp³-hybridized carbons (Fsp3) is 0.174. The highest BCUT2D eigenvalue weighted by Crippen LogP contribution is 2.40. The van der Waals surface area contributed by atoms with Crippen LogP contribution >= 0.6 is 58.5 Å². The Hall–Kier alpha value is -1.95. The first-order valence-corrected chi connectivity index (χ1v) is 14.9. The maximum absolute atomic E-state index is 12.9. The molecule has 35 heavy (non-hydrogen) atoms. The SMILES string of the molecule is O=C(Oc1ccc(/C=C2/SC(=S)N(C3CCS(=O)(=O)C3)C2=O)cc1)c1sc2cccc(Cl)c2c1Cl. The Kier molecular flexibility index (Phi) is 6.71. The minimum absolute atomic E-state index is 0.0632. The Morgan fingerprint density at radius 2 is 1.91 bits per heavy atom. The number of ether oxygens (including phenoxy) is 1. The van der Waals surface area contributed by atoms with Gasteiger partial charge in [-0.25, -0.2) is 13.2 Å². The number of esters is 1. The molecule has 1 aromatic heterocycles. The van der Waals surface area contributed by atoms with Crippen molar-refractivity contribution in [3.63, 3.8) is 0 Å². The molecular weight excluding hydrogens is 569 g/mol. The predicted octanol–water partition coefficient (Wildman–Crippen LogP) is 5.82. The maximum atomic E-state index is 12.9. The molecule has 0 N–H and O–H groups in total. The third kappa shape index (κ3) is 4.87. The third-order valence-corrected chi connectivity index (χ3v) is 10.6. The van der Waals surface area contributed by atoms with Gasteiger partial charge in [0.05, 0.1) is 32.5 Å². The molecule has 2 aromatic carbocycles. The van der Waals surface area contributed by atoms with E-state index in [0.717, 1.165) is 16.5 Å². The molecule has 6 nitrogen and oxygen atoms in total. The zero-order chi connectivity index (χ0) is 24.9. The molecule has 1 atom stereocenters. The zero-order valence-electron chi connectivity index (χ0n) is 17.7. The van der Waals surface area contributed by atoms with E-state index in [4.69, 9.17) is 40.2 Å². The number of carbonyl (C=O) groups excluding carboxylic acids is 2. The van der Waals surface area contributed by atoms with Crippen LogP contribution in [-0.2, 0) is 14.6 Å². The highest BCUT2D eigenvalue weighted by molar-refractivity contribution is 8.26. The van der Waals surface area contributed by atoms with E-state index in [9.17, 15) is 18.0 Å².